The predicted octanol–water partition coefficient (Wildman–Crippen LogP) is 4.56. The van der Waals surface area contributed by atoms with Crippen molar-refractivity contribution in [3.63, 3.8) is 0 Å². The first-order valence-corrected chi connectivity index (χ1v) is 9.69. The van der Waals surface area contributed by atoms with E-state index >= 15 is 0 Å². The van der Waals surface area contributed by atoms with Crippen molar-refractivity contribution in [3.8, 4) is 0 Å². The molecule has 3 nitrogen and oxygen atoms in total. The number of piperidine rings is 1. The van der Waals surface area contributed by atoms with E-state index in [1.54, 1.807) is 0 Å². The SMILES string of the molecule is CCN(CCCc1ccc(N2CCC(C)CC2)c(N)c1)C(C)(C)C. The normalized spacial score (nSPS) is 16.8. The van der Waals surface area contributed by atoms with E-state index in [0.717, 1.165) is 44.2 Å². The van der Waals surface area contributed by atoms with Crippen LogP contribution in [0, 0.1) is 5.92 Å². The minimum absolute atomic E-state index is 0.253. The Bertz CT molecular complexity index is 510. The zero-order valence-corrected chi connectivity index (χ0v) is 16.4. The lowest BCUT2D eigenvalue weighted by Gasteiger charge is -2.34. The van der Waals surface area contributed by atoms with Gasteiger partial charge in [-0.05, 0) is 83.2 Å². The maximum atomic E-state index is 6.36. The molecule has 1 aromatic carbocycles. The van der Waals surface area contributed by atoms with Gasteiger partial charge in [-0.15, -0.1) is 0 Å². The molecule has 0 spiro atoms. The van der Waals surface area contributed by atoms with Gasteiger partial charge in [0.1, 0.15) is 0 Å². The Kier molecular flexibility index (Phi) is 6.56. The van der Waals surface area contributed by atoms with Crippen molar-refractivity contribution in [2.45, 2.75) is 65.8 Å². The highest BCUT2D eigenvalue weighted by Gasteiger charge is 2.19. The van der Waals surface area contributed by atoms with E-state index in [1.807, 2.05) is 0 Å². The van der Waals surface area contributed by atoms with Gasteiger partial charge in [-0.2, -0.15) is 0 Å². The second kappa shape index (κ2) is 8.24. The Labute approximate surface area is 149 Å². The van der Waals surface area contributed by atoms with E-state index in [0.29, 0.717) is 0 Å². The highest BCUT2D eigenvalue weighted by atomic mass is 15.2. The average molecular weight is 332 g/mol. The van der Waals surface area contributed by atoms with Crippen LogP contribution in [0.15, 0.2) is 18.2 Å². The molecule has 136 valence electrons. The molecule has 1 fully saturated rings. The van der Waals surface area contributed by atoms with Crippen LogP contribution in [0.1, 0.15) is 59.4 Å². The van der Waals surface area contributed by atoms with Gasteiger partial charge in [0.25, 0.3) is 0 Å². The van der Waals surface area contributed by atoms with Crippen LogP contribution < -0.4 is 10.6 Å². The minimum atomic E-state index is 0.253. The second-order valence-corrected chi connectivity index (χ2v) is 8.42. The number of hydrogen-bond donors (Lipinski definition) is 1. The summed E-state index contributed by atoms with van der Waals surface area (Å²) in [7, 11) is 0. The Hall–Kier alpha value is -1.22. The van der Waals surface area contributed by atoms with Gasteiger partial charge in [-0.25, -0.2) is 0 Å². The molecule has 3 heteroatoms. The molecule has 1 heterocycles. The van der Waals surface area contributed by atoms with Gasteiger partial charge in [-0.1, -0.05) is 19.9 Å². The Balaban J connectivity index is 1.90. The van der Waals surface area contributed by atoms with Crippen molar-refractivity contribution in [1.29, 1.82) is 0 Å². The first kappa shape index (κ1) is 19.1. The monoisotopic (exact) mass is 331 g/mol. The van der Waals surface area contributed by atoms with Crippen molar-refractivity contribution >= 4 is 11.4 Å². The third-order valence-corrected chi connectivity index (χ3v) is 5.44. The molecular weight excluding hydrogens is 294 g/mol. The van der Waals surface area contributed by atoms with Crippen LogP contribution in [0.4, 0.5) is 11.4 Å². The molecule has 1 aromatic rings. The standard InChI is InChI=1S/C21H37N3/c1-6-24(21(3,4)5)13-7-8-18-9-10-20(19(22)16-18)23-14-11-17(2)12-15-23/h9-10,16-17H,6-8,11-15,22H2,1-5H3. The molecule has 0 aromatic heterocycles. The number of nitrogen functional groups attached to an aromatic ring is 1. The van der Waals surface area contributed by atoms with Crippen LogP contribution in [-0.4, -0.2) is 36.6 Å². The number of benzene rings is 1. The molecule has 1 aliphatic rings. The summed E-state index contributed by atoms with van der Waals surface area (Å²) >= 11 is 0. The molecule has 0 radical (unpaired) electrons. The number of anilines is 2. The minimum Gasteiger partial charge on any atom is -0.397 e. The molecular formula is C21H37N3. The van der Waals surface area contributed by atoms with E-state index in [4.69, 9.17) is 5.73 Å². The fraction of sp³-hybridized carbons (Fsp3) is 0.714. The van der Waals surface area contributed by atoms with Crippen molar-refractivity contribution in [2.75, 3.05) is 36.8 Å². The summed E-state index contributed by atoms with van der Waals surface area (Å²) < 4.78 is 0. The third kappa shape index (κ3) is 5.14. The summed E-state index contributed by atoms with van der Waals surface area (Å²) in [4.78, 5) is 5.00. The van der Waals surface area contributed by atoms with Gasteiger partial charge < -0.3 is 10.6 Å². The average Bonchev–Trinajstić information content (AvgIpc) is 2.51. The second-order valence-electron chi connectivity index (χ2n) is 8.42. The summed E-state index contributed by atoms with van der Waals surface area (Å²) in [5.41, 5.74) is 10.2. The molecule has 0 aliphatic carbocycles. The topological polar surface area (TPSA) is 32.5 Å². The van der Waals surface area contributed by atoms with Gasteiger partial charge >= 0.3 is 0 Å². The summed E-state index contributed by atoms with van der Waals surface area (Å²) in [6.07, 6.45) is 4.85. The highest BCUT2D eigenvalue weighted by molar-refractivity contribution is 5.68. The van der Waals surface area contributed by atoms with Crippen LogP contribution in [0.5, 0.6) is 0 Å². The molecule has 0 atom stereocenters. The molecule has 0 amide bonds. The van der Waals surface area contributed by atoms with Crippen LogP contribution in [0.3, 0.4) is 0 Å². The molecule has 1 saturated heterocycles. The molecule has 2 rings (SSSR count). The summed E-state index contributed by atoms with van der Waals surface area (Å²) in [5, 5.41) is 0. The van der Waals surface area contributed by atoms with Crippen molar-refractivity contribution in [1.82, 2.24) is 4.90 Å². The van der Waals surface area contributed by atoms with Crippen molar-refractivity contribution in [3.05, 3.63) is 23.8 Å². The van der Waals surface area contributed by atoms with Gasteiger partial charge in [0, 0.05) is 18.6 Å². The van der Waals surface area contributed by atoms with Crippen LogP contribution >= 0.6 is 0 Å². The van der Waals surface area contributed by atoms with Gasteiger partial charge in [0.05, 0.1) is 11.4 Å². The smallest absolute Gasteiger partial charge is 0.0600 e. The Morgan fingerprint density at radius 1 is 1.21 bits per heavy atom. The number of aryl methyl sites for hydroxylation is 1. The Morgan fingerprint density at radius 3 is 2.42 bits per heavy atom. The maximum absolute atomic E-state index is 6.36. The number of hydrogen-bond acceptors (Lipinski definition) is 3. The predicted molar refractivity (Wildman–Crippen MR) is 107 cm³/mol. The molecule has 0 saturated carbocycles. The van der Waals surface area contributed by atoms with E-state index in [2.05, 4.69) is 62.6 Å². The van der Waals surface area contributed by atoms with Gasteiger partial charge in [0.15, 0.2) is 0 Å². The van der Waals surface area contributed by atoms with Crippen molar-refractivity contribution < 1.29 is 0 Å². The van der Waals surface area contributed by atoms with Gasteiger partial charge in [-0.3, -0.25) is 4.90 Å². The van der Waals surface area contributed by atoms with Crippen LogP contribution in [-0.2, 0) is 6.42 Å². The fourth-order valence-electron chi connectivity index (χ4n) is 3.74. The van der Waals surface area contributed by atoms with Crippen LogP contribution in [0.25, 0.3) is 0 Å². The number of rotatable bonds is 6. The van der Waals surface area contributed by atoms with E-state index < -0.39 is 0 Å². The zero-order valence-electron chi connectivity index (χ0n) is 16.4. The summed E-state index contributed by atoms with van der Waals surface area (Å²) in [5.74, 6) is 0.853. The molecule has 0 unspecified atom stereocenters. The van der Waals surface area contributed by atoms with Gasteiger partial charge in [0.2, 0.25) is 0 Å². The zero-order chi connectivity index (χ0) is 17.7. The molecule has 0 bridgehead atoms. The molecule has 2 N–H and O–H groups in total. The molecule has 24 heavy (non-hydrogen) atoms. The maximum Gasteiger partial charge on any atom is 0.0600 e. The first-order chi connectivity index (χ1) is 11.3. The fourth-order valence-corrected chi connectivity index (χ4v) is 3.74. The Morgan fingerprint density at radius 2 is 1.88 bits per heavy atom. The van der Waals surface area contributed by atoms with Crippen LogP contribution in [0.2, 0.25) is 0 Å². The van der Waals surface area contributed by atoms with E-state index in [9.17, 15) is 0 Å². The largest absolute Gasteiger partial charge is 0.397 e. The number of nitrogens with zero attached hydrogens (tertiary/aromatic N) is 2. The third-order valence-electron chi connectivity index (χ3n) is 5.44. The summed E-state index contributed by atoms with van der Waals surface area (Å²) in [6, 6.07) is 6.71. The summed E-state index contributed by atoms with van der Waals surface area (Å²) in [6.45, 7) is 16.0. The number of nitrogens with two attached hydrogens (primary N) is 1. The van der Waals surface area contributed by atoms with Crippen molar-refractivity contribution in [2.24, 2.45) is 5.92 Å². The van der Waals surface area contributed by atoms with E-state index in [-0.39, 0.29) is 5.54 Å². The quantitative estimate of drug-likeness (QED) is 0.776. The lowest BCUT2D eigenvalue weighted by molar-refractivity contribution is 0.143. The lowest BCUT2D eigenvalue weighted by atomic mass is 9.98. The first-order valence-electron chi connectivity index (χ1n) is 9.69. The van der Waals surface area contributed by atoms with E-state index in [1.165, 1.54) is 30.5 Å². The highest BCUT2D eigenvalue weighted by Crippen LogP contribution is 2.29. The lowest BCUT2D eigenvalue weighted by Crippen LogP contribution is -2.41. The molecule has 1 aliphatic heterocycles.